The van der Waals surface area contributed by atoms with Crippen LogP contribution >= 0.6 is 0 Å². The van der Waals surface area contributed by atoms with E-state index in [9.17, 15) is 18.3 Å². The van der Waals surface area contributed by atoms with Crippen molar-refractivity contribution in [2.75, 3.05) is 11.5 Å². The lowest BCUT2D eigenvalue weighted by Crippen LogP contribution is -2.18. The fourth-order valence-corrected chi connectivity index (χ4v) is 5.50. The zero-order valence-electron chi connectivity index (χ0n) is 16.7. The molecule has 1 unspecified atom stereocenters. The Morgan fingerprint density at radius 2 is 1.97 bits per heavy atom. The Hall–Kier alpha value is -3.20. The molecular weight excluding hydrogens is 404 g/mol. The van der Waals surface area contributed by atoms with E-state index < -0.39 is 15.7 Å². The van der Waals surface area contributed by atoms with Crippen LogP contribution in [0.1, 0.15) is 39.8 Å². The lowest BCUT2D eigenvalue weighted by molar-refractivity contribution is 0.0952. The molecule has 1 fully saturated rings. The van der Waals surface area contributed by atoms with Gasteiger partial charge in [0.05, 0.1) is 35.0 Å². The average Bonchev–Trinajstić information content (AvgIpc) is 3.20. The first kappa shape index (κ1) is 20.1. The molecule has 0 bridgehead atoms. The van der Waals surface area contributed by atoms with Gasteiger partial charge in [0, 0.05) is 11.3 Å². The first-order valence-corrected chi connectivity index (χ1v) is 11.4. The molecule has 2 aromatic carbocycles. The van der Waals surface area contributed by atoms with Crippen LogP contribution in [0.15, 0.2) is 41.5 Å². The standard InChI is InChI=1S/C21H22N4O4S/c1-13-19(14(2)25(24-13)17-7-8-30(28,29)12-17)11-22-23-21(27)18-9-15-5-3-4-6-16(15)10-20(18)26/h3-6,9-11,17,26H,7-8,12H2,1-2H3,(H,23,27)/b22-11+. The van der Waals surface area contributed by atoms with Gasteiger partial charge in [-0.05, 0) is 43.2 Å². The van der Waals surface area contributed by atoms with Gasteiger partial charge >= 0.3 is 0 Å². The van der Waals surface area contributed by atoms with Gasteiger partial charge in [0.15, 0.2) is 9.84 Å². The molecule has 0 radical (unpaired) electrons. The number of nitrogens with zero attached hydrogens (tertiary/aromatic N) is 3. The molecule has 1 atom stereocenters. The van der Waals surface area contributed by atoms with Gasteiger partial charge in [-0.3, -0.25) is 9.48 Å². The minimum absolute atomic E-state index is 0.0868. The minimum atomic E-state index is -3.02. The number of sulfone groups is 1. The van der Waals surface area contributed by atoms with Gasteiger partial charge in [-0.2, -0.15) is 10.2 Å². The van der Waals surface area contributed by atoms with Crippen LogP contribution in [0.4, 0.5) is 0 Å². The highest BCUT2D eigenvalue weighted by Gasteiger charge is 2.31. The highest BCUT2D eigenvalue weighted by Crippen LogP contribution is 2.27. The van der Waals surface area contributed by atoms with Crippen LogP contribution < -0.4 is 5.43 Å². The average molecular weight is 426 g/mol. The molecule has 30 heavy (non-hydrogen) atoms. The molecule has 0 aliphatic carbocycles. The van der Waals surface area contributed by atoms with Gasteiger partial charge in [-0.15, -0.1) is 0 Å². The Bertz CT molecular complexity index is 1280. The zero-order chi connectivity index (χ0) is 21.5. The van der Waals surface area contributed by atoms with E-state index in [0.717, 1.165) is 22.0 Å². The molecule has 156 valence electrons. The highest BCUT2D eigenvalue weighted by molar-refractivity contribution is 7.91. The molecule has 1 saturated heterocycles. The second-order valence-electron chi connectivity index (χ2n) is 7.50. The van der Waals surface area contributed by atoms with Gasteiger partial charge in [0.25, 0.3) is 5.91 Å². The smallest absolute Gasteiger partial charge is 0.275 e. The number of nitrogens with one attached hydrogen (secondary N) is 1. The largest absolute Gasteiger partial charge is 0.507 e. The third kappa shape index (κ3) is 3.80. The lowest BCUT2D eigenvalue weighted by Gasteiger charge is -2.10. The molecule has 3 aromatic rings. The van der Waals surface area contributed by atoms with Crippen LogP contribution in [-0.4, -0.2) is 46.9 Å². The molecule has 8 nitrogen and oxygen atoms in total. The van der Waals surface area contributed by atoms with Crippen molar-refractivity contribution in [1.29, 1.82) is 0 Å². The monoisotopic (exact) mass is 426 g/mol. The molecular formula is C21H22N4O4S. The Balaban J connectivity index is 1.52. The fourth-order valence-electron chi connectivity index (χ4n) is 3.81. The van der Waals surface area contributed by atoms with E-state index in [1.165, 1.54) is 6.21 Å². The molecule has 1 amide bonds. The van der Waals surface area contributed by atoms with Gasteiger partial charge in [0.1, 0.15) is 5.75 Å². The number of aryl methyl sites for hydroxylation is 1. The van der Waals surface area contributed by atoms with Crippen LogP contribution in [0, 0.1) is 13.8 Å². The van der Waals surface area contributed by atoms with Gasteiger partial charge in [-0.25, -0.2) is 13.8 Å². The molecule has 4 rings (SSSR count). The number of carbonyl (C=O) groups is 1. The van der Waals surface area contributed by atoms with Crippen LogP contribution in [0.25, 0.3) is 10.8 Å². The summed E-state index contributed by atoms with van der Waals surface area (Å²) >= 11 is 0. The number of hydrogen-bond donors (Lipinski definition) is 2. The van der Waals surface area contributed by atoms with Crippen molar-refractivity contribution in [3.63, 3.8) is 0 Å². The van der Waals surface area contributed by atoms with Crippen molar-refractivity contribution >= 4 is 32.7 Å². The van der Waals surface area contributed by atoms with E-state index in [1.807, 2.05) is 38.1 Å². The highest BCUT2D eigenvalue weighted by atomic mass is 32.2. The summed E-state index contributed by atoms with van der Waals surface area (Å²) < 4.78 is 25.3. The number of phenols is 1. The van der Waals surface area contributed by atoms with Crippen LogP contribution in [0.5, 0.6) is 5.75 Å². The summed E-state index contributed by atoms with van der Waals surface area (Å²) in [4.78, 5) is 12.5. The van der Waals surface area contributed by atoms with Gasteiger partial charge in [0.2, 0.25) is 0 Å². The molecule has 1 aromatic heterocycles. The Morgan fingerprint density at radius 3 is 2.63 bits per heavy atom. The third-order valence-corrected chi connectivity index (χ3v) is 7.15. The number of fused-ring (bicyclic) bond motifs is 1. The topological polar surface area (TPSA) is 114 Å². The van der Waals surface area contributed by atoms with Crippen molar-refractivity contribution in [1.82, 2.24) is 15.2 Å². The number of hydrogen-bond acceptors (Lipinski definition) is 6. The van der Waals surface area contributed by atoms with Crippen molar-refractivity contribution in [2.24, 2.45) is 5.10 Å². The SMILES string of the molecule is Cc1nn(C2CCS(=O)(=O)C2)c(C)c1/C=N/NC(=O)c1cc2ccccc2cc1O. The van der Waals surface area contributed by atoms with Gasteiger partial charge < -0.3 is 5.11 Å². The Kier molecular flexibility index (Phi) is 5.07. The van der Waals surface area contributed by atoms with E-state index in [-0.39, 0.29) is 28.9 Å². The lowest BCUT2D eigenvalue weighted by atomic mass is 10.1. The maximum absolute atomic E-state index is 12.5. The van der Waals surface area contributed by atoms with E-state index in [4.69, 9.17) is 0 Å². The number of benzene rings is 2. The number of hydrazone groups is 1. The van der Waals surface area contributed by atoms with E-state index in [0.29, 0.717) is 12.1 Å². The van der Waals surface area contributed by atoms with Crippen LogP contribution in [0.2, 0.25) is 0 Å². The first-order valence-electron chi connectivity index (χ1n) is 9.56. The summed E-state index contributed by atoms with van der Waals surface area (Å²) in [5, 5.41) is 20.3. The van der Waals surface area contributed by atoms with Gasteiger partial charge in [-0.1, -0.05) is 24.3 Å². The first-order chi connectivity index (χ1) is 14.2. The van der Waals surface area contributed by atoms with E-state index in [1.54, 1.807) is 16.8 Å². The number of aromatic nitrogens is 2. The normalized spacial score (nSPS) is 18.3. The number of aromatic hydroxyl groups is 1. The summed E-state index contributed by atoms with van der Waals surface area (Å²) in [5.74, 6) is -0.392. The summed E-state index contributed by atoms with van der Waals surface area (Å²) in [6.07, 6.45) is 2.03. The molecule has 2 heterocycles. The van der Waals surface area contributed by atoms with Crippen molar-refractivity contribution in [3.05, 3.63) is 58.9 Å². The molecule has 1 aliphatic rings. The summed E-state index contributed by atoms with van der Waals surface area (Å²) in [7, 11) is -3.02. The molecule has 0 saturated carbocycles. The molecule has 2 N–H and O–H groups in total. The fraction of sp³-hybridized carbons (Fsp3) is 0.286. The Morgan fingerprint density at radius 1 is 1.27 bits per heavy atom. The maximum Gasteiger partial charge on any atom is 0.275 e. The summed E-state index contributed by atoms with van der Waals surface area (Å²) in [6.45, 7) is 3.66. The van der Waals surface area contributed by atoms with Crippen LogP contribution in [-0.2, 0) is 9.84 Å². The maximum atomic E-state index is 12.5. The number of carbonyl (C=O) groups excluding carboxylic acids is 1. The molecule has 0 spiro atoms. The summed E-state index contributed by atoms with van der Waals surface area (Å²) in [6, 6.07) is 10.4. The minimum Gasteiger partial charge on any atom is -0.507 e. The quantitative estimate of drug-likeness (QED) is 0.491. The van der Waals surface area contributed by atoms with Crippen molar-refractivity contribution in [2.45, 2.75) is 26.3 Å². The third-order valence-electron chi connectivity index (χ3n) is 5.40. The zero-order valence-corrected chi connectivity index (χ0v) is 17.5. The predicted molar refractivity (Wildman–Crippen MR) is 115 cm³/mol. The second kappa shape index (κ2) is 7.56. The molecule has 9 heteroatoms. The number of rotatable bonds is 4. The second-order valence-corrected chi connectivity index (χ2v) is 9.73. The number of phenolic OH excluding ortho intramolecular Hbond substituents is 1. The Labute approximate surface area is 174 Å². The van der Waals surface area contributed by atoms with Crippen LogP contribution in [0.3, 0.4) is 0 Å². The van der Waals surface area contributed by atoms with E-state index in [2.05, 4.69) is 15.6 Å². The predicted octanol–water partition coefficient (Wildman–Crippen LogP) is 2.48. The van der Waals surface area contributed by atoms with Crippen molar-refractivity contribution in [3.8, 4) is 5.75 Å². The van der Waals surface area contributed by atoms with Crippen molar-refractivity contribution < 1.29 is 18.3 Å². The summed E-state index contributed by atoms with van der Waals surface area (Å²) in [5.41, 5.74) is 4.78. The molecule has 1 aliphatic heterocycles. The van der Waals surface area contributed by atoms with E-state index >= 15 is 0 Å². The number of amides is 1.